The largest absolute Gasteiger partial charge is 0.478 e. The van der Waals surface area contributed by atoms with Gasteiger partial charge in [-0.2, -0.15) is 0 Å². The van der Waals surface area contributed by atoms with E-state index in [0.29, 0.717) is 18.8 Å². The van der Waals surface area contributed by atoms with Gasteiger partial charge in [0.15, 0.2) is 6.29 Å². The number of rotatable bonds is 12. The van der Waals surface area contributed by atoms with E-state index < -0.39 is 12.3 Å². The number of benzene rings is 5. The van der Waals surface area contributed by atoms with Crippen molar-refractivity contribution in [1.29, 1.82) is 0 Å². The fourth-order valence-corrected chi connectivity index (χ4v) is 7.04. The Hall–Kier alpha value is -4.93. The van der Waals surface area contributed by atoms with Crippen LogP contribution < -0.4 is 10.6 Å². The highest BCUT2D eigenvalue weighted by Crippen LogP contribution is 2.43. The van der Waals surface area contributed by atoms with E-state index in [1.165, 1.54) is 0 Å². The number of nitrogens with one attached hydrogen (secondary N) is 2. The van der Waals surface area contributed by atoms with Gasteiger partial charge in [-0.3, -0.25) is 0 Å². The molecule has 0 aliphatic carbocycles. The first-order chi connectivity index (χ1) is 24.4. The van der Waals surface area contributed by atoms with Crippen LogP contribution >= 0.6 is 11.8 Å². The number of hydrogen-bond acceptors (Lipinski definition) is 6. The number of carbonyl (C=O) groups excluding carboxylic acids is 1. The van der Waals surface area contributed by atoms with Gasteiger partial charge in [0.2, 0.25) is 0 Å². The smallest absolute Gasteiger partial charge is 0.335 e. The number of aromatic carboxylic acids is 1. The molecule has 5 aromatic carbocycles. The molecule has 0 bridgehead atoms. The predicted molar refractivity (Wildman–Crippen MR) is 194 cm³/mol. The molecule has 9 heteroatoms. The first-order valence-corrected chi connectivity index (χ1v) is 17.6. The van der Waals surface area contributed by atoms with Crippen LogP contribution in [0.4, 0.5) is 4.79 Å². The van der Waals surface area contributed by atoms with Crippen LogP contribution in [0.1, 0.15) is 57.5 Å². The number of carbonyl (C=O) groups is 2. The Morgan fingerprint density at radius 3 is 2.08 bits per heavy atom. The van der Waals surface area contributed by atoms with Crippen LogP contribution in [0, 0.1) is 5.92 Å². The zero-order valence-corrected chi connectivity index (χ0v) is 28.5. The van der Waals surface area contributed by atoms with Crippen molar-refractivity contribution in [1.82, 2.24) is 10.6 Å². The van der Waals surface area contributed by atoms with Crippen molar-refractivity contribution in [2.24, 2.45) is 5.92 Å². The van der Waals surface area contributed by atoms with Crippen molar-refractivity contribution in [3.05, 3.63) is 161 Å². The molecule has 8 nitrogen and oxygen atoms in total. The van der Waals surface area contributed by atoms with Crippen LogP contribution in [0.2, 0.25) is 0 Å². The summed E-state index contributed by atoms with van der Waals surface area (Å²) in [5, 5.41) is 24.7. The third kappa shape index (κ3) is 8.80. The number of amides is 2. The molecule has 4 atom stereocenters. The number of urea groups is 1. The van der Waals surface area contributed by atoms with Crippen molar-refractivity contribution in [3.63, 3.8) is 0 Å². The Bertz CT molecular complexity index is 1870. The van der Waals surface area contributed by atoms with Crippen molar-refractivity contribution >= 4 is 23.8 Å². The topological polar surface area (TPSA) is 117 Å². The number of ether oxygens (including phenoxy) is 2. The van der Waals surface area contributed by atoms with Crippen molar-refractivity contribution in [2.75, 3.05) is 5.75 Å². The van der Waals surface area contributed by atoms with E-state index in [9.17, 15) is 19.8 Å². The van der Waals surface area contributed by atoms with Gasteiger partial charge in [-0.15, -0.1) is 11.8 Å². The number of aliphatic hydroxyl groups is 1. The van der Waals surface area contributed by atoms with E-state index in [-0.39, 0.29) is 36.3 Å². The average Bonchev–Trinajstić information content (AvgIpc) is 3.16. The Labute approximate surface area is 296 Å². The monoisotopic (exact) mass is 688 g/mol. The summed E-state index contributed by atoms with van der Waals surface area (Å²) in [5.41, 5.74) is 7.04. The Morgan fingerprint density at radius 2 is 1.38 bits per heavy atom. The van der Waals surface area contributed by atoms with Gasteiger partial charge >= 0.3 is 12.0 Å². The Kier molecular flexibility index (Phi) is 11.6. The lowest BCUT2D eigenvalue weighted by Crippen LogP contribution is -2.38. The maximum Gasteiger partial charge on any atom is 0.335 e. The van der Waals surface area contributed by atoms with Crippen LogP contribution in [-0.4, -0.2) is 34.1 Å². The summed E-state index contributed by atoms with van der Waals surface area (Å²) in [4.78, 5) is 24.8. The van der Waals surface area contributed by atoms with Gasteiger partial charge in [0, 0.05) is 35.2 Å². The highest BCUT2D eigenvalue weighted by molar-refractivity contribution is 7.99. The molecule has 0 aromatic heterocycles. The fraction of sp³-hybridized carbons (Fsp3) is 0.220. The molecule has 2 amide bonds. The second kappa shape index (κ2) is 16.7. The number of aliphatic hydroxyl groups excluding tert-OH is 1. The van der Waals surface area contributed by atoms with Crippen LogP contribution in [0.25, 0.3) is 11.1 Å². The molecule has 0 spiro atoms. The minimum atomic E-state index is -0.950. The lowest BCUT2D eigenvalue weighted by Gasteiger charge is -2.41. The molecule has 5 aromatic rings. The van der Waals surface area contributed by atoms with Crippen molar-refractivity contribution in [2.45, 2.75) is 50.0 Å². The summed E-state index contributed by atoms with van der Waals surface area (Å²) in [5.74, 6) is -0.287. The zero-order chi connectivity index (χ0) is 34.9. The van der Waals surface area contributed by atoms with E-state index in [2.05, 4.69) is 17.6 Å². The summed E-state index contributed by atoms with van der Waals surface area (Å²) in [6.45, 7) is 2.92. The number of carboxylic acids is 1. The lowest BCUT2D eigenvalue weighted by molar-refractivity contribution is -0.268. The molecule has 0 unspecified atom stereocenters. The third-order valence-electron chi connectivity index (χ3n) is 8.89. The van der Waals surface area contributed by atoms with E-state index in [0.717, 1.165) is 43.8 Å². The zero-order valence-electron chi connectivity index (χ0n) is 27.7. The molecule has 1 heterocycles. The van der Waals surface area contributed by atoms with Gasteiger partial charge in [-0.05, 0) is 57.6 Å². The lowest BCUT2D eigenvalue weighted by atomic mass is 9.91. The molecule has 4 N–H and O–H groups in total. The Balaban J connectivity index is 1.16. The normalized spacial score (nSPS) is 18.7. The first-order valence-electron chi connectivity index (χ1n) is 16.6. The van der Waals surface area contributed by atoms with Crippen LogP contribution in [0.3, 0.4) is 0 Å². The quantitative estimate of drug-likeness (QED) is 0.0979. The highest BCUT2D eigenvalue weighted by atomic mass is 32.2. The predicted octanol–water partition coefficient (Wildman–Crippen LogP) is 8.13. The van der Waals surface area contributed by atoms with Gasteiger partial charge < -0.3 is 30.3 Å². The minimum absolute atomic E-state index is 0.0144. The first kappa shape index (κ1) is 34.9. The van der Waals surface area contributed by atoms with Gasteiger partial charge in [-0.1, -0.05) is 110 Å². The van der Waals surface area contributed by atoms with Crippen LogP contribution in [0.5, 0.6) is 0 Å². The SMILES string of the molecule is C[C@@H]1[C@H](CSc2ccc(C(=O)O)cc2)O[C@H](c2ccc(-c3ccccc3CNC(=O)NCc3ccccc3)cc2)O[C@@H]1c1ccc(CO)cc1. The highest BCUT2D eigenvalue weighted by Gasteiger charge is 2.38. The second-order valence-corrected chi connectivity index (χ2v) is 13.4. The maximum atomic E-state index is 12.5. The molecular weight excluding hydrogens is 649 g/mol. The molecular formula is C41H40N2O6S. The minimum Gasteiger partial charge on any atom is -0.478 e. The summed E-state index contributed by atoms with van der Waals surface area (Å²) in [7, 11) is 0. The average molecular weight is 689 g/mol. The van der Waals surface area contributed by atoms with Gasteiger partial charge in [0.1, 0.15) is 0 Å². The van der Waals surface area contributed by atoms with E-state index in [1.54, 1.807) is 23.9 Å². The standard InChI is InChI=1S/C41H40N2O6S/c1-27-37(26-50-35-21-19-32(20-22-35)39(45)46)48-40(49-38(27)31-13-11-29(25-44)12-14-31)33-17-15-30(16-18-33)36-10-6-5-9-34(36)24-43-41(47)42-23-28-7-3-2-4-8-28/h2-22,27,37-38,40,44H,23-26H2,1H3,(H,45,46)(H2,42,43,47)/t27-,37+,38+,40+/m1/s1. The molecule has 1 saturated heterocycles. The summed E-state index contributed by atoms with van der Waals surface area (Å²) < 4.78 is 13.3. The van der Waals surface area contributed by atoms with E-state index in [1.807, 2.05) is 115 Å². The van der Waals surface area contributed by atoms with Gasteiger partial charge in [-0.25, -0.2) is 9.59 Å². The van der Waals surface area contributed by atoms with Crippen LogP contribution in [0.15, 0.2) is 132 Å². The molecule has 1 aliphatic rings. The number of carboxylic acid groups (broad SMARTS) is 1. The number of hydrogen-bond donors (Lipinski definition) is 4. The third-order valence-corrected chi connectivity index (χ3v) is 9.99. The molecule has 1 aliphatic heterocycles. The van der Waals surface area contributed by atoms with Crippen molar-refractivity contribution in [3.8, 4) is 11.1 Å². The number of thioether (sulfide) groups is 1. The van der Waals surface area contributed by atoms with E-state index in [4.69, 9.17) is 9.47 Å². The molecule has 6 rings (SSSR count). The van der Waals surface area contributed by atoms with Crippen LogP contribution in [-0.2, 0) is 29.2 Å². The fourth-order valence-electron chi connectivity index (χ4n) is 5.97. The van der Waals surface area contributed by atoms with Gasteiger partial charge in [0.05, 0.1) is 24.4 Å². The van der Waals surface area contributed by atoms with Crippen molar-refractivity contribution < 1.29 is 29.3 Å². The van der Waals surface area contributed by atoms with E-state index >= 15 is 0 Å². The maximum absolute atomic E-state index is 12.5. The molecule has 256 valence electrons. The van der Waals surface area contributed by atoms with Gasteiger partial charge in [0.25, 0.3) is 0 Å². The Morgan fingerprint density at radius 1 is 0.720 bits per heavy atom. The summed E-state index contributed by atoms with van der Waals surface area (Å²) in [6, 6.07) is 40.4. The molecule has 50 heavy (non-hydrogen) atoms. The summed E-state index contributed by atoms with van der Waals surface area (Å²) >= 11 is 1.62. The molecule has 0 radical (unpaired) electrons. The molecule has 0 saturated carbocycles. The second-order valence-electron chi connectivity index (χ2n) is 12.3. The molecule has 1 fully saturated rings. The summed E-state index contributed by atoms with van der Waals surface area (Å²) in [6.07, 6.45) is -1.03.